The van der Waals surface area contributed by atoms with E-state index in [2.05, 4.69) is 0 Å². The summed E-state index contributed by atoms with van der Waals surface area (Å²) in [5, 5.41) is 0. The van der Waals surface area contributed by atoms with Gasteiger partial charge in [-0.1, -0.05) is 29.8 Å². The van der Waals surface area contributed by atoms with Crippen molar-refractivity contribution in [3.8, 4) is 5.75 Å². The van der Waals surface area contributed by atoms with Crippen LogP contribution in [-0.4, -0.2) is 25.0 Å². The third-order valence-corrected chi connectivity index (χ3v) is 4.02. The van der Waals surface area contributed by atoms with Crippen LogP contribution in [0.3, 0.4) is 0 Å². The largest absolute Gasteiger partial charge is 0.494 e. The predicted molar refractivity (Wildman–Crippen MR) is 85.8 cm³/mol. The highest BCUT2D eigenvalue weighted by Crippen LogP contribution is 2.21. The molecule has 0 spiro atoms. The number of rotatable bonds is 8. The second-order valence-corrected chi connectivity index (χ2v) is 6.17. The lowest BCUT2D eigenvalue weighted by Crippen LogP contribution is -2.13. The summed E-state index contributed by atoms with van der Waals surface area (Å²) in [6.07, 6.45) is 0.748. The van der Waals surface area contributed by atoms with Crippen LogP contribution >= 0.6 is 22.9 Å². The topological polar surface area (TPSA) is 52.6 Å². The fraction of sp³-hybridized carbons (Fsp3) is 0.250. The third-order valence-electron chi connectivity index (χ3n) is 2.75. The average Bonchev–Trinajstić information content (AvgIpc) is 2.97. The molecular weight excluding hydrogens is 324 g/mol. The molecule has 1 aromatic heterocycles. The van der Waals surface area contributed by atoms with Gasteiger partial charge >= 0.3 is 5.97 Å². The van der Waals surface area contributed by atoms with Crippen LogP contribution in [-0.2, 0) is 9.53 Å². The number of esters is 1. The number of hydrogen-bond acceptors (Lipinski definition) is 5. The van der Waals surface area contributed by atoms with E-state index in [0.717, 1.165) is 5.75 Å². The van der Waals surface area contributed by atoms with Gasteiger partial charge in [-0.25, -0.2) is 0 Å². The lowest BCUT2D eigenvalue weighted by Gasteiger charge is -2.06. The standard InChI is InChI=1S/C16H15ClO4S/c17-15-9-8-14(22-15)13(18)11-21-16(19)7-4-10-20-12-5-2-1-3-6-12/h1-3,5-6,8-9H,4,7,10-11H2. The molecule has 0 saturated carbocycles. The Hall–Kier alpha value is -1.85. The molecule has 6 heteroatoms. The van der Waals surface area contributed by atoms with Gasteiger partial charge in [-0.05, 0) is 30.7 Å². The molecule has 0 aliphatic rings. The van der Waals surface area contributed by atoms with Crippen LogP contribution in [0.4, 0.5) is 0 Å². The van der Waals surface area contributed by atoms with Crippen LogP contribution in [0.25, 0.3) is 0 Å². The quantitative estimate of drug-likeness (QED) is 0.415. The molecule has 0 fully saturated rings. The van der Waals surface area contributed by atoms with E-state index < -0.39 is 5.97 Å². The summed E-state index contributed by atoms with van der Waals surface area (Å²) < 4.78 is 10.9. The highest BCUT2D eigenvalue weighted by Gasteiger charge is 2.12. The average molecular weight is 339 g/mol. The van der Waals surface area contributed by atoms with Gasteiger partial charge in [-0.3, -0.25) is 9.59 Å². The van der Waals surface area contributed by atoms with Crippen LogP contribution in [0.1, 0.15) is 22.5 Å². The zero-order valence-electron chi connectivity index (χ0n) is 11.8. The molecule has 0 bridgehead atoms. The zero-order valence-corrected chi connectivity index (χ0v) is 13.4. The van der Waals surface area contributed by atoms with Crippen molar-refractivity contribution in [1.82, 2.24) is 0 Å². The van der Waals surface area contributed by atoms with Crippen molar-refractivity contribution < 1.29 is 19.1 Å². The number of ketones is 1. The Balaban J connectivity index is 1.61. The van der Waals surface area contributed by atoms with Gasteiger partial charge in [0, 0.05) is 6.42 Å². The van der Waals surface area contributed by atoms with Crippen LogP contribution < -0.4 is 4.74 Å². The van der Waals surface area contributed by atoms with Crippen LogP contribution in [0.5, 0.6) is 5.75 Å². The minimum Gasteiger partial charge on any atom is -0.494 e. The highest BCUT2D eigenvalue weighted by molar-refractivity contribution is 7.18. The van der Waals surface area contributed by atoms with Crippen LogP contribution in [0.15, 0.2) is 42.5 Å². The number of para-hydroxylation sites is 1. The molecule has 0 atom stereocenters. The Kier molecular flexibility index (Phi) is 6.43. The summed E-state index contributed by atoms with van der Waals surface area (Å²) >= 11 is 6.92. The number of ether oxygens (including phenoxy) is 2. The lowest BCUT2D eigenvalue weighted by molar-refractivity contribution is -0.142. The second kappa shape index (κ2) is 8.56. The van der Waals surface area contributed by atoms with Crippen LogP contribution in [0, 0.1) is 0 Å². The van der Waals surface area contributed by atoms with Gasteiger partial charge in [0.1, 0.15) is 5.75 Å². The SMILES string of the molecule is O=C(CCCOc1ccccc1)OCC(=O)c1ccc(Cl)s1. The highest BCUT2D eigenvalue weighted by atomic mass is 35.5. The molecule has 0 aliphatic heterocycles. The molecule has 22 heavy (non-hydrogen) atoms. The second-order valence-electron chi connectivity index (χ2n) is 4.45. The summed E-state index contributed by atoms with van der Waals surface area (Å²) in [6, 6.07) is 12.6. The van der Waals surface area contributed by atoms with Crippen LogP contribution in [0.2, 0.25) is 4.34 Å². The molecule has 0 N–H and O–H groups in total. The number of Topliss-reactive ketones (excluding diaryl/α,β-unsaturated/α-hetero) is 1. The van der Waals surface area contributed by atoms with E-state index in [9.17, 15) is 9.59 Å². The monoisotopic (exact) mass is 338 g/mol. The number of thiophene rings is 1. The molecule has 0 saturated heterocycles. The predicted octanol–water partition coefficient (Wildman–Crippen LogP) is 3.99. The van der Waals surface area contributed by atoms with E-state index in [-0.39, 0.29) is 18.8 Å². The fourth-order valence-electron chi connectivity index (χ4n) is 1.68. The van der Waals surface area contributed by atoms with Crippen molar-refractivity contribution in [2.24, 2.45) is 0 Å². The van der Waals surface area contributed by atoms with E-state index in [1.165, 1.54) is 11.3 Å². The first-order valence-corrected chi connectivity index (χ1v) is 7.96. The number of halogens is 1. The number of carbonyl (C=O) groups is 2. The first-order chi connectivity index (χ1) is 10.6. The Bertz CT molecular complexity index is 624. The van der Waals surface area contributed by atoms with E-state index in [1.54, 1.807) is 12.1 Å². The fourth-order valence-corrected chi connectivity index (χ4v) is 2.64. The molecule has 2 aromatic rings. The third kappa shape index (κ3) is 5.50. The zero-order chi connectivity index (χ0) is 15.8. The van der Waals surface area contributed by atoms with Crippen molar-refractivity contribution in [1.29, 1.82) is 0 Å². The smallest absolute Gasteiger partial charge is 0.306 e. The summed E-state index contributed by atoms with van der Waals surface area (Å²) in [4.78, 5) is 23.8. The molecule has 1 heterocycles. The van der Waals surface area contributed by atoms with Gasteiger partial charge in [0.15, 0.2) is 6.61 Å². The Morgan fingerprint density at radius 2 is 1.86 bits per heavy atom. The molecule has 4 nitrogen and oxygen atoms in total. The minimum atomic E-state index is -0.410. The van der Waals surface area contributed by atoms with Crippen molar-refractivity contribution >= 4 is 34.7 Å². The van der Waals surface area contributed by atoms with Gasteiger partial charge in [-0.15, -0.1) is 11.3 Å². The summed E-state index contributed by atoms with van der Waals surface area (Å²) in [6.45, 7) is 0.169. The minimum absolute atomic E-state index is 0.214. The molecule has 2 rings (SSSR count). The van der Waals surface area contributed by atoms with E-state index in [4.69, 9.17) is 21.1 Å². The van der Waals surface area contributed by atoms with Crippen molar-refractivity contribution in [2.75, 3.05) is 13.2 Å². The van der Waals surface area contributed by atoms with Gasteiger partial charge in [0.25, 0.3) is 0 Å². The van der Waals surface area contributed by atoms with Crippen molar-refractivity contribution in [3.05, 3.63) is 51.7 Å². The van der Waals surface area contributed by atoms with Crippen molar-refractivity contribution in [3.63, 3.8) is 0 Å². The Labute approximate surface area is 137 Å². The van der Waals surface area contributed by atoms with Crippen molar-refractivity contribution in [2.45, 2.75) is 12.8 Å². The van der Waals surface area contributed by atoms with Gasteiger partial charge in [0.05, 0.1) is 15.8 Å². The summed E-state index contributed by atoms with van der Waals surface area (Å²) in [5.41, 5.74) is 0. The van der Waals surface area contributed by atoms with Gasteiger partial charge in [-0.2, -0.15) is 0 Å². The summed E-state index contributed by atoms with van der Waals surface area (Å²) in [7, 11) is 0. The van der Waals surface area contributed by atoms with E-state index in [1.807, 2.05) is 30.3 Å². The first kappa shape index (κ1) is 16.5. The lowest BCUT2D eigenvalue weighted by atomic mass is 10.3. The van der Waals surface area contributed by atoms with Gasteiger partial charge in [0.2, 0.25) is 5.78 Å². The van der Waals surface area contributed by atoms with E-state index in [0.29, 0.717) is 22.2 Å². The molecular formula is C16H15ClO4S. The van der Waals surface area contributed by atoms with E-state index >= 15 is 0 Å². The first-order valence-electron chi connectivity index (χ1n) is 6.77. The normalized spacial score (nSPS) is 10.2. The maximum Gasteiger partial charge on any atom is 0.306 e. The Morgan fingerprint density at radius 3 is 2.55 bits per heavy atom. The summed E-state index contributed by atoms with van der Waals surface area (Å²) in [5.74, 6) is 0.110. The molecule has 116 valence electrons. The molecule has 0 amide bonds. The van der Waals surface area contributed by atoms with Gasteiger partial charge < -0.3 is 9.47 Å². The number of hydrogen-bond donors (Lipinski definition) is 0. The number of benzene rings is 1. The number of carbonyl (C=O) groups excluding carboxylic acids is 2. The molecule has 0 aliphatic carbocycles. The molecule has 0 unspecified atom stereocenters. The maximum atomic E-state index is 11.7. The molecule has 1 aromatic carbocycles. The maximum absolute atomic E-state index is 11.7. The Morgan fingerprint density at radius 1 is 1.09 bits per heavy atom. The molecule has 0 radical (unpaired) electrons.